The summed E-state index contributed by atoms with van der Waals surface area (Å²) >= 11 is 3.52. The van der Waals surface area contributed by atoms with Crippen molar-refractivity contribution in [1.82, 2.24) is 5.32 Å². The van der Waals surface area contributed by atoms with E-state index < -0.39 is 0 Å². The van der Waals surface area contributed by atoms with Crippen LogP contribution in [-0.2, 0) is 6.42 Å². The van der Waals surface area contributed by atoms with E-state index in [2.05, 4.69) is 28.2 Å². The third kappa shape index (κ3) is 2.92. The SMILES string of the molecule is CC(CCCO)NC1CCc2c(F)ccc(Br)c21. The van der Waals surface area contributed by atoms with Crippen LogP contribution in [-0.4, -0.2) is 17.8 Å². The molecule has 2 rings (SSSR count). The molecule has 0 aliphatic heterocycles. The van der Waals surface area contributed by atoms with E-state index in [0.29, 0.717) is 6.04 Å². The van der Waals surface area contributed by atoms with Gasteiger partial charge in [-0.3, -0.25) is 0 Å². The van der Waals surface area contributed by atoms with Gasteiger partial charge in [-0.05, 0) is 55.9 Å². The second kappa shape index (κ2) is 6.13. The van der Waals surface area contributed by atoms with Gasteiger partial charge in [0.25, 0.3) is 0 Å². The summed E-state index contributed by atoms with van der Waals surface area (Å²) in [7, 11) is 0. The Morgan fingerprint density at radius 1 is 1.56 bits per heavy atom. The van der Waals surface area contributed by atoms with Crippen molar-refractivity contribution in [1.29, 1.82) is 0 Å². The Hall–Kier alpha value is -0.450. The first-order valence-electron chi connectivity index (χ1n) is 6.47. The maximum absolute atomic E-state index is 13.7. The van der Waals surface area contributed by atoms with Gasteiger partial charge in [-0.15, -0.1) is 0 Å². The Bertz CT molecular complexity index is 425. The molecule has 0 saturated heterocycles. The Morgan fingerprint density at radius 2 is 2.33 bits per heavy atom. The van der Waals surface area contributed by atoms with E-state index in [1.165, 1.54) is 6.07 Å². The van der Waals surface area contributed by atoms with Gasteiger partial charge in [0.2, 0.25) is 0 Å². The Balaban J connectivity index is 2.09. The van der Waals surface area contributed by atoms with Crippen LogP contribution in [0.1, 0.15) is 43.4 Å². The van der Waals surface area contributed by atoms with Crippen LogP contribution in [0, 0.1) is 5.82 Å². The number of fused-ring (bicyclic) bond motifs is 1. The van der Waals surface area contributed by atoms with Crippen molar-refractivity contribution < 1.29 is 9.50 Å². The van der Waals surface area contributed by atoms with E-state index in [4.69, 9.17) is 5.11 Å². The van der Waals surface area contributed by atoms with E-state index in [1.807, 2.05) is 0 Å². The zero-order valence-corrected chi connectivity index (χ0v) is 12.1. The second-order valence-corrected chi connectivity index (χ2v) is 5.80. The molecule has 0 heterocycles. The summed E-state index contributed by atoms with van der Waals surface area (Å²) in [6, 6.07) is 3.87. The molecule has 0 amide bonds. The van der Waals surface area contributed by atoms with E-state index >= 15 is 0 Å². The lowest BCUT2D eigenvalue weighted by atomic mass is 10.1. The molecule has 2 N–H and O–H groups in total. The standard InChI is InChI=1S/C14H19BrFNO/c1-9(3-2-8-18)17-13-7-4-10-12(16)6-5-11(15)14(10)13/h5-6,9,13,17-18H,2-4,7-8H2,1H3. The minimum Gasteiger partial charge on any atom is -0.396 e. The summed E-state index contributed by atoms with van der Waals surface area (Å²) in [4.78, 5) is 0. The number of aliphatic hydroxyl groups is 1. The predicted octanol–water partition coefficient (Wildman–Crippen LogP) is 3.33. The third-order valence-electron chi connectivity index (χ3n) is 3.56. The Kier molecular flexibility index (Phi) is 4.76. The second-order valence-electron chi connectivity index (χ2n) is 4.95. The van der Waals surface area contributed by atoms with Crippen LogP contribution in [0.25, 0.3) is 0 Å². The van der Waals surface area contributed by atoms with E-state index in [0.717, 1.165) is 41.3 Å². The molecule has 1 aromatic rings. The highest BCUT2D eigenvalue weighted by molar-refractivity contribution is 9.10. The molecule has 0 radical (unpaired) electrons. The maximum Gasteiger partial charge on any atom is 0.126 e. The van der Waals surface area contributed by atoms with E-state index in [1.54, 1.807) is 6.07 Å². The highest BCUT2D eigenvalue weighted by atomic mass is 79.9. The van der Waals surface area contributed by atoms with Gasteiger partial charge in [-0.25, -0.2) is 4.39 Å². The molecule has 0 spiro atoms. The van der Waals surface area contributed by atoms with Gasteiger partial charge in [0.05, 0.1) is 0 Å². The van der Waals surface area contributed by atoms with Crippen molar-refractivity contribution in [2.24, 2.45) is 0 Å². The van der Waals surface area contributed by atoms with Crippen molar-refractivity contribution in [2.45, 2.75) is 44.7 Å². The van der Waals surface area contributed by atoms with Crippen molar-refractivity contribution in [3.8, 4) is 0 Å². The summed E-state index contributed by atoms with van der Waals surface area (Å²) in [5.74, 6) is -0.0967. The largest absolute Gasteiger partial charge is 0.396 e. The topological polar surface area (TPSA) is 32.3 Å². The number of hydrogen-bond acceptors (Lipinski definition) is 2. The molecule has 2 nitrogen and oxygen atoms in total. The van der Waals surface area contributed by atoms with Gasteiger partial charge in [-0.2, -0.15) is 0 Å². The molecule has 1 aliphatic rings. The highest BCUT2D eigenvalue weighted by Gasteiger charge is 2.27. The molecule has 2 atom stereocenters. The fourth-order valence-electron chi connectivity index (χ4n) is 2.66. The highest BCUT2D eigenvalue weighted by Crippen LogP contribution is 2.38. The molecule has 1 aliphatic carbocycles. The first kappa shape index (κ1) is 14.0. The minimum atomic E-state index is -0.0967. The van der Waals surface area contributed by atoms with Crippen LogP contribution in [0.5, 0.6) is 0 Å². The van der Waals surface area contributed by atoms with Crippen LogP contribution >= 0.6 is 15.9 Å². The summed E-state index contributed by atoms with van der Waals surface area (Å²) in [6.45, 7) is 2.34. The van der Waals surface area contributed by atoms with E-state index in [9.17, 15) is 4.39 Å². The molecule has 4 heteroatoms. The molecule has 18 heavy (non-hydrogen) atoms. The van der Waals surface area contributed by atoms with Crippen molar-refractivity contribution >= 4 is 15.9 Å². The maximum atomic E-state index is 13.7. The quantitative estimate of drug-likeness (QED) is 0.873. The molecule has 0 saturated carbocycles. The number of halogens is 2. The van der Waals surface area contributed by atoms with Crippen LogP contribution in [0.3, 0.4) is 0 Å². The number of nitrogens with one attached hydrogen (secondary N) is 1. The summed E-state index contributed by atoms with van der Waals surface area (Å²) in [5, 5.41) is 12.4. The lowest BCUT2D eigenvalue weighted by Gasteiger charge is -2.21. The molecular weight excluding hydrogens is 297 g/mol. The number of benzene rings is 1. The Morgan fingerprint density at radius 3 is 3.06 bits per heavy atom. The fraction of sp³-hybridized carbons (Fsp3) is 0.571. The van der Waals surface area contributed by atoms with Gasteiger partial charge in [0.1, 0.15) is 5.82 Å². The van der Waals surface area contributed by atoms with Crippen LogP contribution < -0.4 is 5.32 Å². The smallest absolute Gasteiger partial charge is 0.126 e. The zero-order chi connectivity index (χ0) is 13.1. The first-order valence-corrected chi connectivity index (χ1v) is 7.26. The van der Waals surface area contributed by atoms with Crippen LogP contribution in [0.4, 0.5) is 4.39 Å². The van der Waals surface area contributed by atoms with Crippen LogP contribution in [0.15, 0.2) is 16.6 Å². The molecule has 0 aromatic heterocycles. The summed E-state index contributed by atoms with van der Waals surface area (Å²) < 4.78 is 14.7. The number of rotatable bonds is 5. The molecule has 0 bridgehead atoms. The predicted molar refractivity (Wildman–Crippen MR) is 74.1 cm³/mol. The fourth-order valence-corrected chi connectivity index (χ4v) is 3.31. The molecular formula is C14H19BrFNO. The van der Waals surface area contributed by atoms with Crippen molar-refractivity contribution in [2.75, 3.05) is 6.61 Å². The average Bonchev–Trinajstić information content (AvgIpc) is 2.76. The Labute approximate surface area is 116 Å². The number of hydrogen-bond donors (Lipinski definition) is 2. The summed E-state index contributed by atoms with van der Waals surface area (Å²) in [5.41, 5.74) is 1.92. The zero-order valence-electron chi connectivity index (χ0n) is 10.5. The molecule has 2 unspecified atom stereocenters. The minimum absolute atomic E-state index is 0.0967. The number of aliphatic hydroxyl groups excluding tert-OH is 1. The van der Waals surface area contributed by atoms with Gasteiger partial charge >= 0.3 is 0 Å². The lowest BCUT2D eigenvalue weighted by molar-refractivity contribution is 0.273. The van der Waals surface area contributed by atoms with Gasteiger partial charge in [-0.1, -0.05) is 15.9 Å². The molecule has 0 fully saturated rings. The van der Waals surface area contributed by atoms with Crippen molar-refractivity contribution in [3.05, 3.63) is 33.5 Å². The lowest BCUT2D eigenvalue weighted by Crippen LogP contribution is -2.29. The van der Waals surface area contributed by atoms with Gasteiger partial charge < -0.3 is 10.4 Å². The third-order valence-corrected chi connectivity index (χ3v) is 4.25. The van der Waals surface area contributed by atoms with Gasteiger partial charge in [0, 0.05) is 23.2 Å². The summed E-state index contributed by atoms with van der Waals surface area (Å²) in [6.07, 6.45) is 3.48. The average molecular weight is 316 g/mol. The van der Waals surface area contributed by atoms with Crippen molar-refractivity contribution in [3.63, 3.8) is 0 Å². The molecule has 1 aromatic carbocycles. The molecule has 100 valence electrons. The first-order chi connectivity index (χ1) is 8.63. The monoisotopic (exact) mass is 315 g/mol. The van der Waals surface area contributed by atoms with Crippen LogP contribution in [0.2, 0.25) is 0 Å². The van der Waals surface area contributed by atoms with Gasteiger partial charge in [0.15, 0.2) is 0 Å². The van der Waals surface area contributed by atoms with E-state index in [-0.39, 0.29) is 18.5 Å². The normalized spacial score (nSPS) is 19.9.